The Morgan fingerprint density at radius 1 is 1.45 bits per heavy atom. The number of nitrogens with one attached hydrogen (secondary N) is 1. The number of hydrogen-bond donors (Lipinski definition) is 2. The first kappa shape index (κ1) is 15.6. The van der Waals surface area contributed by atoms with Crippen LogP contribution in [0.15, 0.2) is 18.2 Å². The largest absolute Gasteiger partial charge is 0.386 e. The summed E-state index contributed by atoms with van der Waals surface area (Å²) in [5, 5.41) is 13.5. The monoisotopic (exact) mass is 317 g/mol. The lowest BCUT2D eigenvalue weighted by Gasteiger charge is -2.17. The van der Waals surface area contributed by atoms with Crippen molar-refractivity contribution in [3.05, 3.63) is 33.8 Å². The molecule has 0 aromatic heterocycles. The van der Waals surface area contributed by atoms with Gasteiger partial charge in [-0.1, -0.05) is 29.3 Å². The zero-order valence-electron chi connectivity index (χ0n) is 11.1. The number of aliphatic hydroxyl groups is 1. The standard InChI is InChI=1S/C14H17Cl2NO3/c1-8-5-6-12(20-8)14(19)17-7-11(18)13-9(15)3-2-4-10(13)16/h2-4,8,11-12,18H,5-7H2,1H3,(H,17,19). The summed E-state index contributed by atoms with van der Waals surface area (Å²) in [6.07, 6.45) is 0.305. The maximum Gasteiger partial charge on any atom is 0.249 e. The second kappa shape index (κ2) is 6.76. The van der Waals surface area contributed by atoms with Gasteiger partial charge in [0.05, 0.1) is 12.2 Å². The van der Waals surface area contributed by atoms with Crippen LogP contribution < -0.4 is 5.32 Å². The molecule has 1 aromatic rings. The highest BCUT2D eigenvalue weighted by Crippen LogP contribution is 2.30. The number of halogens is 2. The van der Waals surface area contributed by atoms with Crippen molar-refractivity contribution < 1.29 is 14.6 Å². The van der Waals surface area contributed by atoms with Crippen LogP contribution in [0.3, 0.4) is 0 Å². The van der Waals surface area contributed by atoms with Crippen LogP contribution in [0.25, 0.3) is 0 Å². The van der Waals surface area contributed by atoms with E-state index in [1.165, 1.54) is 0 Å². The molecule has 0 radical (unpaired) electrons. The van der Waals surface area contributed by atoms with E-state index in [9.17, 15) is 9.90 Å². The van der Waals surface area contributed by atoms with Crippen molar-refractivity contribution in [3.8, 4) is 0 Å². The molecule has 1 aliphatic rings. The Kier molecular flexibility index (Phi) is 5.27. The van der Waals surface area contributed by atoms with Crippen LogP contribution in [0.1, 0.15) is 31.4 Å². The molecule has 0 aliphatic carbocycles. The van der Waals surface area contributed by atoms with E-state index in [-0.39, 0.29) is 18.6 Å². The van der Waals surface area contributed by atoms with Crippen LogP contribution in [-0.4, -0.2) is 29.8 Å². The molecule has 0 saturated carbocycles. The van der Waals surface area contributed by atoms with Gasteiger partial charge in [-0.25, -0.2) is 0 Å². The van der Waals surface area contributed by atoms with Gasteiger partial charge in [0.15, 0.2) is 0 Å². The predicted octanol–water partition coefficient (Wildman–Crippen LogP) is 2.71. The summed E-state index contributed by atoms with van der Waals surface area (Å²) in [6.45, 7) is 1.99. The first-order chi connectivity index (χ1) is 9.49. The van der Waals surface area contributed by atoms with Gasteiger partial charge in [-0.2, -0.15) is 0 Å². The minimum atomic E-state index is -0.945. The highest BCUT2D eigenvalue weighted by Gasteiger charge is 2.28. The van der Waals surface area contributed by atoms with E-state index in [4.69, 9.17) is 27.9 Å². The minimum Gasteiger partial charge on any atom is -0.386 e. The predicted molar refractivity (Wildman–Crippen MR) is 78.0 cm³/mol. The Bertz CT molecular complexity index is 475. The summed E-state index contributed by atoms with van der Waals surface area (Å²) in [5.41, 5.74) is 0.428. The number of aliphatic hydroxyl groups excluding tert-OH is 1. The minimum absolute atomic E-state index is 0.0521. The summed E-state index contributed by atoms with van der Waals surface area (Å²) in [4.78, 5) is 11.9. The first-order valence-corrected chi connectivity index (χ1v) is 7.29. The summed E-state index contributed by atoms with van der Waals surface area (Å²) in [5.74, 6) is -0.212. The van der Waals surface area contributed by atoms with Crippen LogP contribution in [-0.2, 0) is 9.53 Å². The lowest BCUT2D eigenvalue weighted by molar-refractivity contribution is -0.132. The average Bonchev–Trinajstić information content (AvgIpc) is 2.82. The van der Waals surface area contributed by atoms with Crippen LogP contribution in [0.2, 0.25) is 10.0 Å². The Labute approximate surface area is 128 Å². The topological polar surface area (TPSA) is 58.6 Å². The lowest BCUT2D eigenvalue weighted by atomic mass is 10.1. The number of ether oxygens (including phenoxy) is 1. The van der Waals surface area contributed by atoms with E-state index >= 15 is 0 Å². The maximum absolute atomic E-state index is 11.9. The average molecular weight is 318 g/mol. The molecule has 2 N–H and O–H groups in total. The fourth-order valence-corrected chi connectivity index (χ4v) is 2.89. The number of rotatable bonds is 4. The van der Waals surface area contributed by atoms with E-state index in [0.717, 1.165) is 6.42 Å². The molecule has 3 atom stereocenters. The van der Waals surface area contributed by atoms with Crippen molar-refractivity contribution in [2.45, 2.75) is 38.1 Å². The molecule has 1 aliphatic heterocycles. The highest BCUT2D eigenvalue weighted by atomic mass is 35.5. The van der Waals surface area contributed by atoms with Crippen LogP contribution >= 0.6 is 23.2 Å². The van der Waals surface area contributed by atoms with Crippen molar-refractivity contribution in [1.29, 1.82) is 0 Å². The van der Waals surface area contributed by atoms with Crippen molar-refractivity contribution >= 4 is 29.1 Å². The lowest BCUT2D eigenvalue weighted by Crippen LogP contribution is -2.37. The molecule has 2 rings (SSSR count). The van der Waals surface area contributed by atoms with Gasteiger partial charge in [-0.3, -0.25) is 4.79 Å². The molecule has 1 amide bonds. The molecule has 6 heteroatoms. The summed E-state index contributed by atoms with van der Waals surface area (Å²) in [7, 11) is 0. The Balaban J connectivity index is 1.92. The quantitative estimate of drug-likeness (QED) is 0.897. The van der Waals surface area contributed by atoms with Gasteiger partial charge in [-0.15, -0.1) is 0 Å². The molecule has 20 heavy (non-hydrogen) atoms. The molecular weight excluding hydrogens is 301 g/mol. The van der Waals surface area contributed by atoms with Gasteiger partial charge in [0.2, 0.25) is 5.91 Å². The molecule has 1 fully saturated rings. The zero-order chi connectivity index (χ0) is 14.7. The van der Waals surface area contributed by atoms with Gasteiger partial charge >= 0.3 is 0 Å². The van der Waals surface area contributed by atoms with Gasteiger partial charge < -0.3 is 15.2 Å². The number of hydrogen-bond acceptors (Lipinski definition) is 3. The summed E-state index contributed by atoms with van der Waals surface area (Å²) < 4.78 is 5.46. The van der Waals surface area contributed by atoms with Crippen molar-refractivity contribution in [1.82, 2.24) is 5.32 Å². The molecule has 0 bridgehead atoms. The first-order valence-electron chi connectivity index (χ1n) is 6.54. The van der Waals surface area contributed by atoms with Crippen LogP contribution in [0, 0.1) is 0 Å². The van der Waals surface area contributed by atoms with Gasteiger partial charge in [0, 0.05) is 22.2 Å². The SMILES string of the molecule is CC1CCC(C(=O)NCC(O)c2c(Cl)cccc2Cl)O1. The van der Waals surface area contributed by atoms with Crippen LogP contribution in [0.5, 0.6) is 0 Å². The molecule has 3 unspecified atom stereocenters. The molecule has 1 heterocycles. The van der Waals surface area contributed by atoms with Gasteiger partial charge in [-0.05, 0) is 31.9 Å². The number of carbonyl (C=O) groups is 1. The van der Waals surface area contributed by atoms with Gasteiger partial charge in [0.1, 0.15) is 6.10 Å². The van der Waals surface area contributed by atoms with Crippen molar-refractivity contribution in [2.75, 3.05) is 6.54 Å². The molecule has 4 nitrogen and oxygen atoms in total. The molecular formula is C14H17Cl2NO3. The molecule has 1 saturated heterocycles. The highest BCUT2D eigenvalue weighted by molar-refractivity contribution is 6.36. The van der Waals surface area contributed by atoms with E-state index < -0.39 is 12.2 Å². The number of amides is 1. The maximum atomic E-state index is 11.9. The van der Waals surface area contributed by atoms with E-state index in [1.54, 1.807) is 18.2 Å². The van der Waals surface area contributed by atoms with Crippen LogP contribution in [0.4, 0.5) is 0 Å². The van der Waals surface area contributed by atoms with Crippen molar-refractivity contribution in [2.24, 2.45) is 0 Å². The van der Waals surface area contributed by atoms with E-state index in [2.05, 4.69) is 5.32 Å². The number of benzene rings is 1. The summed E-state index contributed by atoms with van der Waals surface area (Å²) in [6, 6.07) is 5.00. The second-order valence-electron chi connectivity index (χ2n) is 4.91. The van der Waals surface area contributed by atoms with Crippen molar-refractivity contribution in [3.63, 3.8) is 0 Å². The third-order valence-corrected chi connectivity index (χ3v) is 3.99. The normalized spacial score (nSPS) is 23.6. The van der Waals surface area contributed by atoms with E-state index in [1.807, 2.05) is 6.92 Å². The molecule has 1 aromatic carbocycles. The summed E-state index contributed by atoms with van der Waals surface area (Å²) >= 11 is 12.0. The number of carbonyl (C=O) groups excluding carboxylic acids is 1. The smallest absolute Gasteiger partial charge is 0.249 e. The Hall–Kier alpha value is -0.810. The fraction of sp³-hybridized carbons (Fsp3) is 0.500. The molecule has 110 valence electrons. The zero-order valence-corrected chi connectivity index (χ0v) is 12.6. The third-order valence-electron chi connectivity index (χ3n) is 3.33. The molecule has 0 spiro atoms. The van der Waals surface area contributed by atoms with Gasteiger partial charge in [0.25, 0.3) is 0 Å². The second-order valence-corrected chi connectivity index (χ2v) is 5.72. The van der Waals surface area contributed by atoms with E-state index in [0.29, 0.717) is 22.0 Å². The Morgan fingerprint density at radius 2 is 2.10 bits per heavy atom. The third kappa shape index (κ3) is 3.64. The Morgan fingerprint density at radius 3 is 2.65 bits per heavy atom. The fourth-order valence-electron chi connectivity index (χ4n) is 2.24.